The fourth-order valence-electron chi connectivity index (χ4n) is 2.19. The number of aryl methyl sites for hydroxylation is 1. The molecule has 0 radical (unpaired) electrons. The second-order valence-electron chi connectivity index (χ2n) is 4.55. The first-order valence-electron chi connectivity index (χ1n) is 5.89. The molecule has 0 aliphatic carbocycles. The lowest BCUT2D eigenvalue weighted by Crippen LogP contribution is -2.36. The molecule has 0 aromatic carbocycles. The normalized spacial score (nSPS) is 17.8. The molecule has 1 aliphatic heterocycles. The van der Waals surface area contributed by atoms with E-state index in [9.17, 15) is 8.42 Å². The van der Waals surface area contributed by atoms with Crippen LogP contribution in [0.1, 0.15) is 23.8 Å². The molecule has 0 atom stereocenters. The van der Waals surface area contributed by atoms with E-state index in [2.05, 4.69) is 6.08 Å². The summed E-state index contributed by atoms with van der Waals surface area (Å²) < 4.78 is 26.8. The van der Waals surface area contributed by atoms with Gasteiger partial charge in [-0.25, -0.2) is 8.42 Å². The lowest BCUT2D eigenvalue weighted by Gasteiger charge is -2.26. The van der Waals surface area contributed by atoms with Gasteiger partial charge < -0.3 is 5.73 Å². The summed E-state index contributed by atoms with van der Waals surface area (Å²) in [7, 11) is -3.40. The monoisotopic (exact) mass is 286 g/mol. The molecule has 2 rings (SSSR count). The summed E-state index contributed by atoms with van der Waals surface area (Å²) in [5.74, 6) is 0. The van der Waals surface area contributed by atoms with Gasteiger partial charge in [0.1, 0.15) is 4.90 Å². The highest BCUT2D eigenvalue weighted by Crippen LogP contribution is 2.30. The molecule has 4 nitrogen and oxygen atoms in total. The molecule has 0 saturated carbocycles. The third-order valence-electron chi connectivity index (χ3n) is 3.07. The predicted octanol–water partition coefficient (Wildman–Crippen LogP) is 1.86. The Kier molecular flexibility index (Phi) is 3.91. The summed E-state index contributed by atoms with van der Waals surface area (Å²) in [4.78, 5) is 1.17. The van der Waals surface area contributed by atoms with E-state index in [0.29, 0.717) is 18.0 Å². The smallest absolute Gasteiger partial charge is 0.244 e. The van der Waals surface area contributed by atoms with Crippen molar-refractivity contribution in [3.8, 4) is 0 Å². The Labute approximate surface area is 112 Å². The average Bonchev–Trinajstić information content (AvgIpc) is 2.71. The van der Waals surface area contributed by atoms with E-state index < -0.39 is 10.0 Å². The molecule has 0 unspecified atom stereocenters. The summed E-state index contributed by atoms with van der Waals surface area (Å²) in [5.41, 5.74) is 7.54. The molecular formula is C12H18N2O2S2. The van der Waals surface area contributed by atoms with E-state index in [4.69, 9.17) is 5.73 Å². The van der Waals surface area contributed by atoms with Gasteiger partial charge in [-0.3, -0.25) is 0 Å². The van der Waals surface area contributed by atoms with E-state index in [-0.39, 0.29) is 6.54 Å². The minimum Gasteiger partial charge on any atom is -0.326 e. The molecule has 100 valence electrons. The van der Waals surface area contributed by atoms with Crippen LogP contribution in [0.3, 0.4) is 0 Å². The molecule has 6 heteroatoms. The summed E-state index contributed by atoms with van der Waals surface area (Å²) in [6.45, 7) is 5.11. The Bertz CT molecular complexity index is 573. The van der Waals surface area contributed by atoms with Crippen LogP contribution in [-0.2, 0) is 16.6 Å². The standard InChI is InChI=1S/C12H18N2O2S2/c1-9-4-3-5-14(7-9)18(15,16)12-10(2)8-17-11(12)6-13/h4,8H,3,5-7,13H2,1-2H3. The van der Waals surface area contributed by atoms with E-state index in [1.54, 1.807) is 4.31 Å². The van der Waals surface area contributed by atoms with Crippen LogP contribution >= 0.6 is 11.3 Å². The zero-order chi connectivity index (χ0) is 13.3. The highest BCUT2D eigenvalue weighted by Gasteiger charge is 2.30. The summed E-state index contributed by atoms with van der Waals surface area (Å²) in [6.07, 6.45) is 2.88. The minimum absolute atomic E-state index is 0.274. The van der Waals surface area contributed by atoms with Crippen molar-refractivity contribution < 1.29 is 8.42 Å². The zero-order valence-electron chi connectivity index (χ0n) is 10.6. The third kappa shape index (κ3) is 2.38. The molecule has 2 heterocycles. The first-order chi connectivity index (χ1) is 8.46. The van der Waals surface area contributed by atoms with E-state index >= 15 is 0 Å². The van der Waals surface area contributed by atoms with Crippen LogP contribution in [0.25, 0.3) is 0 Å². The lowest BCUT2D eigenvalue weighted by molar-refractivity contribution is 0.427. The van der Waals surface area contributed by atoms with Crippen molar-refractivity contribution in [1.82, 2.24) is 4.31 Å². The van der Waals surface area contributed by atoms with E-state index in [0.717, 1.165) is 22.4 Å². The minimum atomic E-state index is -3.40. The topological polar surface area (TPSA) is 63.4 Å². The van der Waals surface area contributed by atoms with Crippen LogP contribution in [0.15, 0.2) is 21.9 Å². The number of hydrogen-bond donors (Lipinski definition) is 1. The molecule has 0 fully saturated rings. The fourth-order valence-corrected chi connectivity index (χ4v) is 5.34. The van der Waals surface area contributed by atoms with Gasteiger partial charge in [0.2, 0.25) is 10.0 Å². The number of rotatable bonds is 3. The van der Waals surface area contributed by atoms with Crippen LogP contribution in [-0.4, -0.2) is 25.8 Å². The SMILES string of the molecule is CC1=CCCN(S(=O)(=O)c2c(C)csc2CN)C1. The van der Waals surface area contributed by atoms with Crippen molar-refractivity contribution in [3.05, 3.63) is 27.5 Å². The first kappa shape index (κ1) is 13.7. The van der Waals surface area contributed by atoms with Gasteiger partial charge >= 0.3 is 0 Å². The van der Waals surface area contributed by atoms with Crippen molar-refractivity contribution in [3.63, 3.8) is 0 Å². The molecule has 0 amide bonds. The Hall–Kier alpha value is -0.690. The van der Waals surface area contributed by atoms with Gasteiger partial charge in [0, 0.05) is 24.5 Å². The van der Waals surface area contributed by atoms with Crippen molar-refractivity contribution >= 4 is 21.4 Å². The second kappa shape index (κ2) is 5.13. The maximum atomic E-state index is 12.6. The van der Waals surface area contributed by atoms with Gasteiger partial charge in [0.25, 0.3) is 0 Å². The van der Waals surface area contributed by atoms with Gasteiger partial charge in [-0.1, -0.05) is 11.6 Å². The maximum absolute atomic E-state index is 12.6. The van der Waals surface area contributed by atoms with Crippen LogP contribution in [0, 0.1) is 6.92 Å². The number of hydrogen-bond acceptors (Lipinski definition) is 4. The predicted molar refractivity (Wildman–Crippen MR) is 74.1 cm³/mol. The Morgan fingerprint density at radius 2 is 2.17 bits per heavy atom. The van der Waals surface area contributed by atoms with E-state index in [1.807, 2.05) is 19.2 Å². The van der Waals surface area contributed by atoms with E-state index in [1.165, 1.54) is 11.3 Å². The number of nitrogens with two attached hydrogens (primary N) is 1. The summed E-state index contributed by atoms with van der Waals surface area (Å²) in [5, 5.41) is 1.86. The fraction of sp³-hybridized carbons (Fsp3) is 0.500. The molecule has 1 aromatic heterocycles. The highest BCUT2D eigenvalue weighted by atomic mass is 32.2. The van der Waals surface area contributed by atoms with Crippen LogP contribution < -0.4 is 5.73 Å². The first-order valence-corrected chi connectivity index (χ1v) is 8.21. The van der Waals surface area contributed by atoms with Crippen LogP contribution in [0.2, 0.25) is 0 Å². The van der Waals surface area contributed by atoms with Crippen molar-refractivity contribution in [1.29, 1.82) is 0 Å². The van der Waals surface area contributed by atoms with Gasteiger partial charge in [0.05, 0.1) is 0 Å². The number of thiophene rings is 1. The van der Waals surface area contributed by atoms with Crippen molar-refractivity contribution in [2.75, 3.05) is 13.1 Å². The quantitative estimate of drug-likeness (QED) is 0.863. The highest BCUT2D eigenvalue weighted by molar-refractivity contribution is 7.89. The third-order valence-corrected chi connectivity index (χ3v) is 6.40. The Balaban J connectivity index is 2.42. The molecule has 0 saturated heterocycles. The molecule has 0 bridgehead atoms. The Morgan fingerprint density at radius 3 is 2.78 bits per heavy atom. The molecule has 1 aromatic rings. The summed E-state index contributed by atoms with van der Waals surface area (Å²) >= 11 is 1.42. The number of nitrogens with zero attached hydrogens (tertiary/aromatic N) is 1. The average molecular weight is 286 g/mol. The van der Waals surface area contributed by atoms with Gasteiger partial charge in [-0.15, -0.1) is 11.3 Å². The van der Waals surface area contributed by atoms with Crippen molar-refractivity contribution in [2.24, 2.45) is 5.73 Å². The molecule has 0 spiro atoms. The van der Waals surface area contributed by atoms with Crippen molar-refractivity contribution in [2.45, 2.75) is 31.7 Å². The van der Waals surface area contributed by atoms with Crippen LogP contribution in [0.5, 0.6) is 0 Å². The Morgan fingerprint density at radius 1 is 1.44 bits per heavy atom. The largest absolute Gasteiger partial charge is 0.326 e. The molecule has 1 aliphatic rings. The lowest BCUT2D eigenvalue weighted by atomic mass is 10.2. The summed E-state index contributed by atoms with van der Waals surface area (Å²) in [6, 6.07) is 0. The molecule has 18 heavy (non-hydrogen) atoms. The van der Waals surface area contributed by atoms with Gasteiger partial charge in [0.15, 0.2) is 0 Å². The van der Waals surface area contributed by atoms with Crippen LogP contribution in [0.4, 0.5) is 0 Å². The van der Waals surface area contributed by atoms with Gasteiger partial charge in [-0.05, 0) is 31.2 Å². The molecular weight excluding hydrogens is 268 g/mol. The second-order valence-corrected chi connectivity index (χ2v) is 7.39. The molecule has 2 N–H and O–H groups in total. The maximum Gasteiger partial charge on any atom is 0.244 e. The van der Waals surface area contributed by atoms with Gasteiger partial charge in [-0.2, -0.15) is 4.31 Å². The number of sulfonamides is 1. The zero-order valence-corrected chi connectivity index (χ0v) is 12.3.